The zero-order valence-corrected chi connectivity index (χ0v) is 13.5. The molecule has 0 bridgehead atoms. The second kappa shape index (κ2) is 8.16. The number of benzene rings is 1. The molecule has 1 unspecified atom stereocenters. The Morgan fingerprint density at radius 2 is 2.08 bits per heavy atom. The Bertz CT molecular complexity index is 697. The topological polar surface area (TPSA) is 101 Å². The Morgan fingerprint density at radius 1 is 1.29 bits per heavy atom. The number of hydrogen-bond donors (Lipinski definition) is 3. The SMILES string of the molecule is COc1ccc(C)cc1NC(=O)C(=O)NCCC(O)c1ccco1. The van der Waals surface area contributed by atoms with E-state index in [2.05, 4.69) is 10.6 Å². The summed E-state index contributed by atoms with van der Waals surface area (Å²) in [5.74, 6) is -0.704. The molecule has 2 amide bonds. The molecule has 0 spiro atoms. The number of methoxy groups -OCH3 is 1. The van der Waals surface area contributed by atoms with E-state index in [9.17, 15) is 14.7 Å². The molecule has 128 valence electrons. The number of furan rings is 1. The summed E-state index contributed by atoms with van der Waals surface area (Å²) in [5.41, 5.74) is 1.35. The van der Waals surface area contributed by atoms with Crippen LogP contribution in [-0.2, 0) is 9.59 Å². The first-order valence-electron chi connectivity index (χ1n) is 7.46. The van der Waals surface area contributed by atoms with Crippen LogP contribution in [0.3, 0.4) is 0 Å². The van der Waals surface area contributed by atoms with Crippen molar-refractivity contribution in [3.05, 3.63) is 47.9 Å². The van der Waals surface area contributed by atoms with Crippen LogP contribution in [0, 0.1) is 6.92 Å². The maximum atomic E-state index is 11.9. The lowest BCUT2D eigenvalue weighted by atomic mass is 10.2. The van der Waals surface area contributed by atoms with E-state index >= 15 is 0 Å². The van der Waals surface area contributed by atoms with Gasteiger partial charge in [-0.15, -0.1) is 0 Å². The maximum absolute atomic E-state index is 11.9. The summed E-state index contributed by atoms with van der Waals surface area (Å²) in [5, 5.41) is 14.8. The highest BCUT2D eigenvalue weighted by atomic mass is 16.5. The van der Waals surface area contributed by atoms with Crippen molar-refractivity contribution < 1.29 is 23.8 Å². The minimum Gasteiger partial charge on any atom is -0.495 e. The van der Waals surface area contributed by atoms with E-state index in [4.69, 9.17) is 9.15 Å². The van der Waals surface area contributed by atoms with E-state index in [-0.39, 0.29) is 13.0 Å². The highest BCUT2D eigenvalue weighted by Gasteiger charge is 2.17. The first-order chi connectivity index (χ1) is 11.5. The quantitative estimate of drug-likeness (QED) is 0.700. The average Bonchev–Trinajstić information content (AvgIpc) is 3.09. The first-order valence-corrected chi connectivity index (χ1v) is 7.46. The number of aliphatic hydroxyl groups excluding tert-OH is 1. The molecule has 24 heavy (non-hydrogen) atoms. The highest BCUT2D eigenvalue weighted by Crippen LogP contribution is 2.25. The fourth-order valence-electron chi connectivity index (χ4n) is 2.12. The summed E-state index contributed by atoms with van der Waals surface area (Å²) < 4.78 is 10.2. The van der Waals surface area contributed by atoms with Crippen LogP contribution in [0.5, 0.6) is 5.75 Å². The third-order valence-corrected chi connectivity index (χ3v) is 3.38. The van der Waals surface area contributed by atoms with Crippen LogP contribution in [0.1, 0.15) is 23.8 Å². The van der Waals surface area contributed by atoms with Gasteiger partial charge in [0.1, 0.15) is 17.6 Å². The largest absolute Gasteiger partial charge is 0.495 e. The van der Waals surface area contributed by atoms with E-state index in [1.54, 1.807) is 24.3 Å². The number of aryl methyl sites for hydroxylation is 1. The fraction of sp³-hybridized carbons (Fsp3) is 0.294. The van der Waals surface area contributed by atoms with Crippen LogP contribution in [0.25, 0.3) is 0 Å². The van der Waals surface area contributed by atoms with E-state index in [0.29, 0.717) is 17.2 Å². The molecule has 1 aromatic carbocycles. The Morgan fingerprint density at radius 3 is 2.75 bits per heavy atom. The summed E-state index contributed by atoms with van der Waals surface area (Å²) >= 11 is 0. The van der Waals surface area contributed by atoms with Crippen LogP contribution in [0.4, 0.5) is 5.69 Å². The second-order valence-electron chi connectivity index (χ2n) is 5.23. The minimum atomic E-state index is -0.833. The van der Waals surface area contributed by atoms with Gasteiger partial charge in [-0.3, -0.25) is 9.59 Å². The number of carbonyl (C=O) groups is 2. The number of aliphatic hydroxyl groups is 1. The lowest BCUT2D eigenvalue weighted by Gasteiger charge is -2.12. The molecule has 0 saturated heterocycles. The molecule has 1 atom stereocenters. The van der Waals surface area contributed by atoms with Crippen molar-refractivity contribution >= 4 is 17.5 Å². The molecule has 0 radical (unpaired) electrons. The van der Waals surface area contributed by atoms with Gasteiger partial charge in [-0.25, -0.2) is 0 Å². The lowest BCUT2D eigenvalue weighted by Crippen LogP contribution is -2.36. The molecule has 1 aromatic heterocycles. The van der Waals surface area contributed by atoms with E-state index in [0.717, 1.165) is 5.56 Å². The van der Waals surface area contributed by atoms with Gasteiger partial charge in [0.05, 0.1) is 19.1 Å². The zero-order valence-electron chi connectivity index (χ0n) is 13.5. The Kier molecular flexibility index (Phi) is 5.97. The van der Waals surface area contributed by atoms with Gasteiger partial charge in [-0.05, 0) is 43.2 Å². The lowest BCUT2D eigenvalue weighted by molar-refractivity contribution is -0.136. The molecule has 2 rings (SSSR count). The van der Waals surface area contributed by atoms with Gasteiger partial charge < -0.3 is 24.9 Å². The number of amides is 2. The molecule has 2 aromatic rings. The summed E-state index contributed by atoms with van der Waals surface area (Å²) in [7, 11) is 1.48. The third-order valence-electron chi connectivity index (χ3n) is 3.38. The molecule has 0 aliphatic rings. The van der Waals surface area contributed by atoms with Gasteiger partial charge in [0, 0.05) is 6.54 Å². The van der Waals surface area contributed by atoms with Crippen molar-refractivity contribution in [1.82, 2.24) is 5.32 Å². The van der Waals surface area contributed by atoms with Crippen LogP contribution in [-0.4, -0.2) is 30.6 Å². The smallest absolute Gasteiger partial charge is 0.313 e. The summed E-state index contributed by atoms with van der Waals surface area (Å²) in [6.45, 7) is 2.00. The Labute approximate surface area is 139 Å². The van der Waals surface area contributed by atoms with Crippen molar-refractivity contribution in [1.29, 1.82) is 0 Å². The molecular formula is C17H20N2O5. The van der Waals surface area contributed by atoms with Crippen LogP contribution in [0.15, 0.2) is 41.0 Å². The zero-order chi connectivity index (χ0) is 17.5. The Balaban J connectivity index is 1.84. The Hall–Kier alpha value is -2.80. The average molecular weight is 332 g/mol. The second-order valence-corrected chi connectivity index (χ2v) is 5.23. The monoisotopic (exact) mass is 332 g/mol. The number of carbonyl (C=O) groups excluding carboxylic acids is 2. The van der Waals surface area contributed by atoms with Crippen LogP contribution < -0.4 is 15.4 Å². The number of anilines is 1. The first kappa shape index (κ1) is 17.6. The number of rotatable bonds is 6. The predicted molar refractivity (Wildman–Crippen MR) is 87.7 cm³/mol. The normalized spacial score (nSPS) is 11.6. The van der Waals surface area contributed by atoms with Crippen molar-refractivity contribution in [3.8, 4) is 5.75 Å². The van der Waals surface area contributed by atoms with Gasteiger partial charge >= 0.3 is 11.8 Å². The number of ether oxygens (including phenoxy) is 1. The maximum Gasteiger partial charge on any atom is 0.313 e. The van der Waals surface area contributed by atoms with Crippen LogP contribution >= 0.6 is 0 Å². The van der Waals surface area contributed by atoms with Gasteiger partial charge in [0.2, 0.25) is 0 Å². The van der Waals surface area contributed by atoms with E-state index in [1.807, 2.05) is 13.0 Å². The standard InChI is InChI=1S/C17H20N2O5/c1-11-5-6-14(23-2)12(10-11)19-17(22)16(21)18-8-7-13(20)15-4-3-9-24-15/h3-6,9-10,13,20H,7-8H2,1-2H3,(H,18,21)(H,19,22). The number of nitrogens with one attached hydrogen (secondary N) is 2. The van der Waals surface area contributed by atoms with Crippen molar-refractivity contribution in [2.75, 3.05) is 19.0 Å². The van der Waals surface area contributed by atoms with Crippen molar-refractivity contribution in [2.45, 2.75) is 19.4 Å². The molecule has 7 nitrogen and oxygen atoms in total. The van der Waals surface area contributed by atoms with E-state index < -0.39 is 17.9 Å². The van der Waals surface area contributed by atoms with Gasteiger partial charge in [0.15, 0.2) is 0 Å². The molecule has 0 fully saturated rings. The van der Waals surface area contributed by atoms with Gasteiger partial charge in [-0.2, -0.15) is 0 Å². The molecule has 0 aliphatic carbocycles. The molecule has 0 aliphatic heterocycles. The number of hydrogen-bond acceptors (Lipinski definition) is 5. The van der Waals surface area contributed by atoms with Gasteiger partial charge in [-0.1, -0.05) is 6.07 Å². The molecule has 7 heteroatoms. The summed E-state index contributed by atoms with van der Waals surface area (Å²) in [6, 6.07) is 8.57. The van der Waals surface area contributed by atoms with Crippen molar-refractivity contribution in [3.63, 3.8) is 0 Å². The fourth-order valence-corrected chi connectivity index (χ4v) is 2.12. The molecule has 1 heterocycles. The van der Waals surface area contributed by atoms with Gasteiger partial charge in [0.25, 0.3) is 0 Å². The summed E-state index contributed by atoms with van der Waals surface area (Å²) in [6.07, 6.45) is 0.861. The van der Waals surface area contributed by atoms with Crippen molar-refractivity contribution in [2.24, 2.45) is 0 Å². The minimum absolute atomic E-state index is 0.138. The summed E-state index contributed by atoms with van der Waals surface area (Å²) in [4.78, 5) is 23.8. The third kappa shape index (κ3) is 4.60. The highest BCUT2D eigenvalue weighted by molar-refractivity contribution is 6.39. The predicted octanol–water partition coefficient (Wildman–Crippen LogP) is 1.78. The molecule has 3 N–H and O–H groups in total. The van der Waals surface area contributed by atoms with E-state index in [1.165, 1.54) is 13.4 Å². The molecular weight excluding hydrogens is 312 g/mol. The molecule has 0 saturated carbocycles. The van der Waals surface area contributed by atoms with Crippen LogP contribution in [0.2, 0.25) is 0 Å².